The van der Waals surface area contributed by atoms with Gasteiger partial charge in [-0.2, -0.15) is 0 Å². The molecule has 0 saturated carbocycles. The number of nitrogens with one attached hydrogen (secondary N) is 3. The van der Waals surface area contributed by atoms with E-state index in [2.05, 4.69) is 13.2 Å². The van der Waals surface area contributed by atoms with Crippen LogP contribution < -0.4 is 13.2 Å². The van der Waals surface area contributed by atoms with Crippen LogP contribution in [-0.4, -0.2) is 53.9 Å². The monoisotopic (exact) mass is 469 g/mol. The Hall–Kier alpha value is 0.381. The molecule has 152 valence electrons. The Morgan fingerprint density at radius 3 is 0.760 bits per heavy atom. The first-order valence-electron chi connectivity index (χ1n) is 7.57. The van der Waals surface area contributed by atoms with Crippen molar-refractivity contribution in [1.82, 2.24) is 13.2 Å². The fraction of sp³-hybridized carbons (Fsp3) is 1.00. The third-order valence-electron chi connectivity index (χ3n) is 2.11. The van der Waals surface area contributed by atoms with Gasteiger partial charge in [0.2, 0.25) is 30.1 Å². The van der Waals surface area contributed by atoms with Crippen molar-refractivity contribution in [1.29, 1.82) is 0 Å². The SMILES string of the molecule is C[Si](C)(C)NS(=O)(=O)C(S(=O)(=O)N[Si](C)(C)C)S(=O)(=O)N[Si](C)(C)C. The first kappa shape index (κ1) is 25.4. The fourth-order valence-corrected chi connectivity index (χ4v) is 19.9. The largest absolute Gasteiger partial charge is 0.301 e. The maximum absolute atomic E-state index is 12.7. The Balaban J connectivity index is 6.47. The molecule has 0 aliphatic heterocycles. The second-order valence-electron chi connectivity index (χ2n) is 8.98. The Morgan fingerprint density at radius 2 is 0.640 bits per heavy atom. The third-order valence-corrected chi connectivity index (χ3v) is 18.9. The smallest absolute Gasteiger partial charge is 0.236 e. The maximum Gasteiger partial charge on any atom is 0.301 e. The average molecular weight is 470 g/mol. The zero-order chi connectivity index (χ0) is 20.7. The van der Waals surface area contributed by atoms with Crippen molar-refractivity contribution in [2.45, 2.75) is 62.8 Å². The van der Waals surface area contributed by atoms with Crippen molar-refractivity contribution in [2.24, 2.45) is 0 Å². The molecular formula is C10H31N3O6S3Si3. The van der Waals surface area contributed by atoms with Gasteiger partial charge in [0.25, 0.3) is 0 Å². The molecule has 0 aromatic rings. The van der Waals surface area contributed by atoms with E-state index in [1.54, 1.807) is 58.9 Å². The molecule has 0 unspecified atom stereocenters. The molecule has 25 heavy (non-hydrogen) atoms. The molecule has 0 rings (SSSR count). The number of hydrogen-bond donors (Lipinski definition) is 3. The lowest BCUT2D eigenvalue weighted by Gasteiger charge is -2.29. The van der Waals surface area contributed by atoms with Gasteiger partial charge in [-0.3, -0.25) is 0 Å². The first-order valence-corrected chi connectivity index (χ1v) is 22.7. The Labute approximate surface area is 155 Å². The van der Waals surface area contributed by atoms with E-state index in [0.29, 0.717) is 0 Å². The van der Waals surface area contributed by atoms with E-state index >= 15 is 0 Å². The molecule has 0 radical (unpaired) electrons. The summed E-state index contributed by atoms with van der Waals surface area (Å²) in [6.07, 6.45) is 0. The van der Waals surface area contributed by atoms with E-state index in [9.17, 15) is 25.3 Å². The minimum Gasteiger partial charge on any atom is -0.236 e. The van der Waals surface area contributed by atoms with Crippen molar-refractivity contribution >= 4 is 54.8 Å². The molecule has 0 atom stereocenters. The first-order chi connectivity index (χ1) is 10.5. The highest BCUT2D eigenvalue weighted by Gasteiger charge is 2.51. The van der Waals surface area contributed by atoms with Crippen molar-refractivity contribution in [3.05, 3.63) is 0 Å². The Kier molecular flexibility index (Phi) is 7.53. The summed E-state index contributed by atoms with van der Waals surface area (Å²) in [4.78, 5) is 0. The van der Waals surface area contributed by atoms with Crippen molar-refractivity contribution in [3.63, 3.8) is 0 Å². The Morgan fingerprint density at radius 1 is 0.480 bits per heavy atom. The van der Waals surface area contributed by atoms with Gasteiger partial charge in [-0.05, 0) is 0 Å². The molecule has 0 heterocycles. The molecule has 3 N–H and O–H groups in total. The van der Waals surface area contributed by atoms with Crippen LogP contribution in [-0.2, 0) is 30.1 Å². The van der Waals surface area contributed by atoms with Crippen molar-refractivity contribution < 1.29 is 25.3 Å². The maximum atomic E-state index is 12.7. The number of sulfonamides is 3. The minimum absolute atomic E-state index is 1.64. The summed E-state index contributed by atoms with van der Waals surface area (Å²) in [5.74, 6) is 0. The zero-order valence-corrected chi connectivity index (χ0v) is 21.7. The molecule has 0 aromatic carbocycles. The van der Waals surface area contributed by atoms with Crippen LogP contribution in [0.5, 0.6) is 0 Å². The van der Waals surface area contributed by atoms with E-state index in [0.717, 1.165) is 0 Å². The molecule has 9 nitrogen and oxygen atoms in total. The van der Waals surface area contributed by atoms with Crippen LogP contribution in [0.3, 0.4) is 0 Å². The summed E-state index contributed by atoms with van der Waals surface area (Å²) < 4.78 is 80.6. The lowest BCUT2D eigenvalue weighted by molar-refractivity contribution is 0.569. The van der Waals surface area contributed by atoms with Crippen molar-refractivity contribution in [2.75, 3.05) is 0 Å². The molecule has 0 aliphatic rings. The van der Waals surface area contributed by atoms with E-state index in [1.807, 2.05) is 0 Å². The van der Waals surface area contributed by atoms with Gasteiger partial charge >= 0.3 is 3.91 Å². The molecular weight excluding hydrogens is 439 g/mol. The van der Waals surface area contributed by atoms with Gasteiger partial charge in [-0.15, -0.1) is 0 Å². The second-order valence-corrected chi connectivity index (χ2v) is 30.5. The number of rotatable bonds is 9. The normalized spacial score (nSPS) is 15.6. The van der Waals surface area contributed by atoms with E-state index < -0.39 is 58.7 Å². The summed E-state index contributed by atoms with van der Waals surface area (Å²) in [7, 11) is -21.6. The zero-order valence-electron chi connectivity index (χ0n) is 16.3. The van der Waals surface area contributed by atoms with E-state index in [4.69, 9.17) is 0 Å². The summed E-state index contributed by atoms with van der Waals surface area (Å²) in [6, 6.07) is 0. The minimum atomic E-state index is -4.68. The van der Waals surface area contributed by atoms with Crippen LogP contribution in [0.15, 0.2) is 0 Å². The van der Waals surface area contributed by atoms with Gasteiger partial charge in [0.1, 0.15) is 24.7 Å². The van der Waals surface area contributed by atoms with Gasteiger partial charge in [0.15, 0.2) is 0 Å². The highest BCUT2D eigenvalue weighted by molar-refractivity contribution is 8.23. The molecule has 15 heteroatoms. The van der Waals surface area contributed by atoms with Gasteiger partial charge in [0, 0.05) is 0 Å². The van der Waals surface area contributed by atoms with Gasteiger partial charge < -0.3 is 0 Å². The molecule has 0 fully saturated rings. The fourth-order valence-electron chi connectivity index (χ4n) is 1.92. The highest BCUT2D eigenvalue weighted by atomic mass is 32.3. The molecule has 0 bridgehead atoms. The van der Waals surface area contributed by atoms with Gasteiger partial charge in [0.05, 0.1) is 0 Å². The lowest BCUT2D eigenvalue weighted by Crippen LogP contribution is -2.62. The van der Waals surface area contributed by atoms with Crippen LogP contribution >= 0.6 is 0 Å². The van der Waals surface area contributed by atoms with E-state index in [-0.39, 0.29) is 0 Å². The Bertz CT molecular complexity index is 680. The standard InChI is InChI=1S/C10H31N3O6S3Si3/c1-23(2,3)11-20(14,15)10(21(16,17)12-24(4,5)6)22(18,19)13-25(7,8)9/h10-13H,1-9H3. The average Bonchev–Trinajstić information content (AvgIpc) is 1.98. The summed E-state index contributed by atoms with van der Waals surface area (Å²) in [6.45, 7) is 14.7. The summed E-state index contributed by atoms with van der Waals surface area (Å²) >= 11 is 0. The molecule has 0 saturated heterocycles. The summed E-state index contributed by atoms with van der Waals surface area (Å²) in [5, 5.41) is 0. The molecule has 0 aliphatic carbocycles. The van der Waals surface area contributed by atoms with Crippen LogP contribution in [0.1, 0.15) is 0 Å². The third kappa shape index (κ3) is 9.23. The quantitative estimate of drug-likeness (QED) is 0.421. The highest BCUT2D eigenvalue weighted by Crippen LogP contribution is 2.19. The topological polar surface area (TPSA) is 139 Å². The van der Waals surface area contributed by atoms with Gasteiger partial charge in [-0.1, -0.05) is 58.9 Å². The molecule has 0 aromatic heterocycles. The second kappa shape index (κ2) is 7.42. The number of hydrogen-bond acceptors (Lipinski definition) is 6. The summed E-state index contributed by atoms with van der Waals surface area (Å²) in [5.41, 5.74) is 0. The van der Waals surface area contributed by atoms with Crippen LogP contribution in [0.2, 0.25) is 58.9 Å². The van der Waals surface area contributed by atoms with Crippen molar-refractivity contribution in [3.8, 4) is 0 Å². The van der Waals surface area contributed by atoms with Crippen LogP contribution in [0.4, 0.5) is 0 Å². The van der Waals surface area contributed by atoms with E-state index in [1.165, 1.54) is 0 Å². The molecule has 0 amide bonds. The molecule has 0 spiro atoms. The predicted molar refractivity (Wildman–Crippen MR) is 110 cm³/mol. The van der Waals surface area contributed by atoms with Crippen LogP contribution in [0, 0.1) is 0 Å². The van der Waals surface area contributed by atoms with Crippen LogP contribution in [0.25, 0.3) is 0 Å². The van der Waals surface area contributed by atoms with Gasteiger partial charge in [-0.25, -0.2) is 38.4 Å². The predicted octanol–water partition coefficient (Wildman–Crippen LogP) is 0.533. The lowest BCUT2D eigenvalue weighted by atomic mass is 11.8.